The maximum absolute atomic E-state index is 12.3. The van der Waals surface area contributed by atoms with E-state index in [1.807, 2.05) is 95.9 Å². The van der Waals surface area contributed by atoms with E-state index in [0.29, 0.717) is 39.3 Å². The van der Waals surface area contributed by atoms with Crippen LogP contribution in [-0.4, -0.2) is 55.3 Å². The van der Waals surface area contributed by atoms with Crippen LogP contribution in [0.4, 0.5) is 0 Å². The summed E-state index contributed by atoms with van der Waals surface area (Å²) < 4.78 is 0. The van der Waals surface area contributed by atoms with Crippen LogP contribution < -0.4 is 21.8 Å². The Morgan fingerprint density at radius 1 is 0.488 bits per heavy atom. The van der Waals surface area contributed by atoms with Gasteiger partial charge in [0.05, 0.1) is 19.8 Å². The van der Waals surface area contributed by atoms with E-state index in [1.165, 1.54) is 0 Å². The van der Waals surface area contributed by atoms with Crippen molar-refractivity contribution >= 4 is 17.7 Å². The molecule has 0 aliphatic rings. The number of benzene rings is 3. The predicted molar refractivity (Wildman–Crippen MR) is 161 cm³/mol. The van der Waals surface area contributed by atoms with Crippen LogP contribution in [0.5, 0.6) is 0 Å². The molecule has 3 aromatic rings. The minimum atomic E-state index is -0.253. The summed E-state index contributed by atoms with van der Waals surface area (Å²) in [5.74, 6) is -0.729. The first-order valence-electron chi connectivity index (χ1n) is 14.3. The monoisotopic (exact) mass is 591 g/mol. The van der Waals surface area contributed by atoms with E-state index in [4.69, 9.17) is 14.5 Å². The summed E-state index contributed by atoms with van der Waals surface area (Å²) in [6.45, 7) is 3.28. The highest BCUT2D eigenvalue weighted by Crippen LogP contribution is 2.02. The van der Waals surface area contributed by atoms with Crippen LogP contribution in [-0.2, 0) is 48.7 Å². The molecule has 0 spiro atoms. The zero-order valence-corrected chi connectivity index (χ0v) is 24.3. The maximum atomic E-state index is 12.3. The number of hydrogen-bond donors (Lipinski definition) is 4. The Kier molecular flexibility index (Phi) is 16.1. The molecule has 0 fully saturated rings. The predicted octanol–water partition coefficient (Wildman–Crippen LogP) is 2.79. The number of nitrogens with one attached hydrogen (secondary N) is 4. The summed E-state index contributed by atoms with van der Waals surface area (Å²) in [5.41, 5.74) is 10.3. The summed E-state index contributed by atoms with van der Waals surface area (Å²) in [7, 11) is 0. The second-order valence-electron chi connectivity index (χ2n) is 9.74. The van der Waals surface area contributed by atoms with Gasteiger partial charge in [0.25, 0.3) is 0 Å². The molecule has 11 heteroatoms. The van der Waals surface area contributed by atoms with Crippen LogP contribution in [0.2, 0.25) is 0 Å². The highest BCUT2D eigenvalue weighted by molar-refractivity contribution is 5.75. The van der Waals surface area contributed by atoms with Crippen LogP contribution in [0, 0.1) is 0 Å². The summed E-state index contributed by atoms with van der Waals surface area (Å²) in [5, 5.41) is 3.23. The molecule has 3 aromatic carbocycles. The van der Waals surface area contributed by atoms with Gasteiger partial charge in [-0.05, 0) is 16.7 Å². The number of carbonyl (C=O) groups excluding carboxylic acids is 3. The van der Waals surface area contributed by atoms with Gasteiger partial charge in [-0.3, -0.25) is 28.9 Å². The lowest BCUT2D eigenvalue weighted by molar-refractivity contribution is -0.135. The largest absolute Gasteiger partial charge is 0.315 e. The van der Waals surface area contributed by atoms with E-state index in [2.05, 4.69) is 21.8 Å². The molecule has 230 valence electrons. The van der Waals surface area contributed by atoms with Crippen LogP contribution in [0.1, 0.15) is 36.0 Å². The lowest BCUT2D eigenvalue weighted by Crippen LogP contribution is -2.38. The Morgan fingerprint density at radius 2 is 0.860 bits per heavy atom. The molecule has 3 amide bonds. The fourth-order valence-electron chi connectivity index (χ4n) is 3.89. The Hall–Kier alpha value is -4.13. The zero-order valence-electron chi connectivity index (χ0n) is 24.3. The topological polar surface area (TPSA) is 130 Å². The first kappa shape index (κ1) is 33.4. The highest BCUT2D eigenvalue weighted by atomic mass is 16.7. The van der Waals surface area contributed by atoms with Crippen molar-refractivity contribution in [1.29, 1.82) is 0 Å². The first-order chi connectivity index (χ1) is 21.1. The molecule has 0 aliphatic carbocycles. The fourth-order valence-corrected chi connectivity index (χ4v) is 3.89. The average molecular weight is 592 g/mol. The van der Waals surface area contributed by atoms with E-state index < -0.39 is 0 Å². The fraction of sp³-hybridized carbons (Fsp3) is 0.344. The summed E-state index contributed by atoms with van der Waals surface area (Å²) in [6.07, 6.45) is 0.640. The molecule has 0 heterocycles. The Morgan fingerprint density at radius 3 is 1.26 bits per heavy atom. The van der Waals surface area contributed by atoms with Crippen molar-refractivity contribution in [2.45, 2.75) is 39.1 Å². The van der Waals surface area contributed by atoms with E-state index in [-0.39, 0.29) is 50.2 Å². The van der Waals surface area contributed by atoms with Crippen LogP contribution in [0.25, 0.3) is 0 Å². The van der Waals surface area contributed by atoms with Crippen molar-refractivity contribution in [3.8, 4) is 0 Å². The number of rotatable bonds is 21. The van der Waals surface area contributed by atoms with E-state index >= 15 is 0 Å². The van der Waals surface area contributed by atoms with Crippen molar-refractivity contribution in [2.24, 2.45) is 0 Å². The molecular weight excluding hydrogens is 550 g/mol. The van der Waals surface area contributed by atoms with Gasteiger partial charge in [0.1, 0.15) is 0 Å². The van der Waals surface area contributed by atoms with Gasteiger partial charge in [0.2, 0.25) is 17.7 Å². The first-order valence-corrected chi connectivity index (χ1v) is 14.3. The maximum Gasteiger partial charge on any atom is 0.244 e. The number of carbonyl (C=O) groups is 3. The summed E-state index contributed by atoms with van der Waals surface area (Å²) in [4.78, 5) is 54.6. The van der Waals surface area contributed by atoms with Gasteiger partial charge in [-0.15, -0.1) is 0 Å². The summed E-state index contributed by atoms with van der Waals surface area (Å²) >= 11 is 0. The Bertz CT molecular complexity index is 1140. The van der Waals surface area contributed by atoms with E-state index in [0.717, 1.165) is 16.7 Å². The molecule has 11 nitrogen and oxygen atoms in total. The number of hydroxylamine groups is 3. The lowest BCUT2D eigenvalue weighted by Gasteiger charge is -2.22. The van der Waals surface area contributed by atoms with Crippen molar-refractivity contribution in [2.75, 3.05) is 32.7 Å². The van der Waals surface area contributed by atoms with E-state index in [9.17, 15) is 14.4 Å². The SMILES string of the molecule is O=C(CCNCCN(CCC(=O)NOCc1ccccc1)CCC(=O)NOCc1ccccc1)NOCc1ccccc1. The quantitative estimate of drug-likeness (QED) is 0.110. The van der Waals surface area contributed by atoms with Gasteiger partial charge in [0.15, 0.2) is 0 Å². The smallest absolute Gasteiger partial charge is 0.244 e. The van der Waals surface area contributed by atoms with Crippen molar-refractivity contribution < 1.29 is 28.9 Å². The minimum Gasteiger partial charge on any atom is -0.315 e. The second kappa shape index (κ2) is 20.7. The van der Waals surface area contributed by atoms with Crippen LogP contribution in [0.15, 0.2) is 91.0 Å². The molecule has 0 atom stereocenters. The molecule has 0 aromatic heterocycles. The molecule has 0 saturated carbocycles. The average Bonchev–Trinajstić information content (AvgIpc) is 3.03. The van der Waals surface area contributed by atoms with Crippen molar-refractivity contribution in [1.82, 2.24) is 26.7 Å². The Labute approximate surface area is 252 Å². The molecule has 0 unspecified atom stereocenters. The molecule has 0 saturated heterocycles. The molecular formula is C32H41N5O6. The Balaban J connectivity index is 1.33. The van der Waals surface area contributed by atoms with Crippen molar-refractivity contribution in [3.63, 3.8) is 0 Å². The molecule has 0 bridgehead atoms. The van der Waals surface area contributed by atoms with E-state index in [1.54, 1.807) is 0 Å². The van der Waals surface area contributed by atoms with Gasteiger partial charge in [-0.25, -0.2) is 16.4 Å². The molecule has 0 aliphatic heterocycles. The van der Waals surface area contributed by atoms with Gasteiger partial charge in [-0.2, -0.15) is 0 Å². The normalized spacial score (nSPS) is 10.8. The standard InChI is InChI=1S/C32H41N5O6/c38-30(34-41-24-27-10-4-1-5-11-27)16-19-33-20-23-37(21-17-31(39)35-42-25-28-12-6-2-7-13-28)22-18-32(40)36-43-26-29-14-8-3-9-15-29/h1-15,33H,16-26H2,(H,34,38)(H,35,39)(H,36,40). The highest BCUT2D eigenvalue weighted by Gasteiger charge is 2.12. The second-order valence-corrected chi connectivity index (χ2v) is 9.74. The minimum absolute atomic E-state index is 0.197. The van der Waals surface area contributed by atoms with Crippen LogP contribution in [0.3, 0.4) is 0 Å². The molecule has 43 heavy (non-hydrogen) atoms. The third-order valence-corrected chi connectivity index (χ3v) is 6.25. The van der Waals surface area contributed by atoms with Crippen molar-refractivity contribution in [3.05, 3.63) is 108 Å². The zero-order chi connectivity index (χ0) is 30.4. The summed E-state index contributed by atoms with van der Waals surface area (Å²) in [6, 6.07) is 28.7. The van der Waals surface area contributed by atoms with Gasteiger partial charge in [0, 0.05) is 52.0 Å². The van der Waals surface area contributed by atoms with Gasteiger partial charge >= 0.3 is 0 Å². The number of hydrogen-bond acceptors (Lipinski definition) is 8. The molecule has 3 rings (SSSR count). The van der Waals surface area contributed by atoms with Gasteiger partial charge in [-0.1, -0.05) is 91.0 Å². The molecule has 0 radical (unpaired) electrons. The lowest BCUT2D eigenvalue weighted by atomic mass is 10.2. The number of nitrogens with zero attached hydrogens (tertiary/aromatic N) is 1. The van der Waals surface area contributed by atoms with Crippen LogP contribution >= 0.6 is 0 Å². The van der Waals surface area contributed by atoms with Gasteiger partial charge < -0.3 is 10.2 Å². The third kappa shape index (κ3) is 15.6. The molecule has 4 N–H and O–H groups in total. The third-order valence-electron chi connectivity index (χ3n) is 6.25. The number of amides is 3.